The highest BCUT2D eigenvalue weighted by Crippen LogP contribution is 2.32. The van der Waals surface area contributed by atoms with Crippen molar-refractivity contribution in [1.82, 2.24) is 34.8 Å². The Balaban J connectivity index is 1.30. The Labute approximate surface area is 187 Å². The van der Waals surface area contributed by atoms with Gasteiger partial charge in [0.2, 0.25) is 17.7 Å². The van der Waals surface area contributed by atoms with Gasteiger partial charge in [0, 0.05) is 36.8 Å². The van der Waals surface area contributed by atoms with Gasteiger partial charge < -0.3 is 14.8 Å². The number of nitrogens with zero attached hydrogens (tertiary/aromatic N) is 6. The van der Waals surface area contributed by atoms with Crippen molar-refractivity contribution in [2.45, 2.75) is 32.0 Å². The summed E-state index contributed by atoms with van der Waals surface area (Å²) in [7, 11) is 1.84. The van der Waals surface area contributed by atoms with Crippen LogP contribution in [-0.4, -0.2) is 59.1 Å². The van der Waals surface area contributed by atoms with E-state index in [2.05, 4.69) is 25.9 Å². The first-order valence-electron chi connectivity index (χ1n) is 10.3. The number of imide groups is 1. The SMILES string of the molecule is Cn1cncc1-c1cn(CC(=O)Nc2cccc3c2CN(C2CCC(=O)NC2=O)C3=O)nn1. The first-order chi connectivity index (χ1) is 15.9. The Morgan fingerprint density at radius 2 is 2.12 bits per heavy atom. The van der Waals surface area contributed by atoms with Gasteiger partial charge in [0.15, 0.2) is 0 Å². The van der Waals surface area contributed by atoms with Gasteiger partial charge in [-0.1, -0.05) is 11.3 Å². The molecule has 0 radical (unpaired) electrons. The van der Waals surface area contributed by atoms with Crippen LogP contribution in [0.15, 0.2) is 36.9 Å². The molecule has 1 aromatic carbocycles. The second kappa shape index (κ2) is 7.97. The zero-order chi connectivity index (χ0) is 23.1. The molecule has 1 fully saturated rings. The van der Waals surface area contributed by atoms with Crippen molar-refractivity contribution >= 4 is 29.3 Å². The Morgan fingerprint density at radius 1 is 1.27 bits per heavy atom. The predicted molar refractivity (Wildman–Crippen MR) is 113 cm³/mol. The molecule has 12 heteroatoms. The summed E-state index contributed by atoms with van der Waals surface area (Å²) in [4.78, 5) is 54.8. The van der Waals surface area contributed by atoms with Crippen LogP contribution in [0.4, 0.5) is 5.69 Å². The summed E-state index contributed by atoms with van der Waals surface area (Å²) >= 11 is 0. The predicted octanol–water partition coefficient (Wildman–Crippen LogP) is 0.0783. The third-order valence-corrected chi connectivity index (χ3v) is 5.78. The van der Waals surface area contributed by atoms with Crippen LogP contribution in [0, 0.1) is 0 Å². The highest BCUT2D eigenvalue weighted by molar-refractivity contribution is 6.06. The van der Waals surface area contributed by atoms with E-state index in [1.165, 1.54) is 9.58 Å². The van der Waals surface area contributed by atoms with Gasteiger partial charge in [-0.05, 0) is 18.6 Å². The van der Waals surface area contributed by atoms with Crippen LogP contribution >= 0.6 is 0 Å². The Kier molecular flexibility index (Phi) is 4.96. The minimum Gasteiger partial charge on any atom is -0.332 e. The molecule has 2 N–H and O–H groups in total. The molecule has 3 aromatic rings. The molecular formula is C21H20N8O4. The van der Waals surface area contributed by atoms with E-state index in [0.717, 1.165) is 5.69 Å². The molecule has 33 heavy (non-hydrogen) atoms. The number of hydrogen-bond donors (Lipinski definition) is 2. The van der Waals surface area contributed by atoms with Crippen molar-refractivity contribution in [3.05, 3.63) is 48.0 Å². The quantitative estimate of drug-likeness (QED) is 0.526. The van der Waals surface area contributed by atoms with E-state index in [4.69, 9.17) is 0 Å². The molecule has 168 valence electrons. The number of piperidine rings is 1. The zero-order valence-corrected chi connectivity index (χ0v) is 17.7. The largest absolute Gasteiger partial charge is 0.332 e. The van der Waals surface area contributed by atoms with E-state index in [1.54, 1.807) is 41.5 Å². The minimum absolute atomic E-state index is 0.0701. The Hall–Kier alpha value is -4.35. The topological polar surface area (TPSA) is 144 Å². The fourth-order valence-electron chi connectivity index (χ4n) is 4.14. The number of imidazole rings is 1. The summed E-state index contributed by atoms with van der Waals surface area (Å²) in [6.07, 6.45) is 5.42. The van der Waals surface area contributed by atoms with Crippen molar-refractivity contribution in [2.75, 3.05) is 5.32 Å². The molecule has 1 atom stereocenters. The Bertz CT molecular complexity index is 1290. The molecule has 0 bridgehead atoms. The summed E-state index contributed by atoms with van der Waals surface area (Å²) in [6, 6.07) is 4.33. The molecule has 0 saturated carbocycles. The van der Waals surface area contributed by atoms with Crippen LogP contribution in [0.5, 0.6) is 0 Å². The van der Waals surface area contributed by atoms with Gasteiger partial charge in [-0.15, -0.1) is 5.10 Å². The average Bonchev–Trinajstić information content (AvgIpc) is 3.48. The summed E-state index contributed by atoms with van der Waals surface area (Å²) < 4.78 is 3.22. The van der Waals surface area contributed by atoms with Crippen molar-refractivity contribution in [2.24, 2.45) is 7.05 Å². The second-order valence-electron chi connectivity index (χ2n) is 7.97. The van der Waals surface area contributed by atoms with Crippen molar-refractivity contribution < 1.29 is 19.2 Å². The van der Waals surface area contributed by atoms with E-state index in [-0.39, 0.29) is 43.7 Å². The van der Waals surface area contributed by atoms with Crippen LogP contribution < -0.4 is 10.6 Å². The van der Waals surface area contributed by atoms with Crippen molar-refractivity contribution in [3.63, 3.8) is 0 Å². The second-order valence-corrected chi connectivity index (χ2v) is 7.97. The molecule has 4 amide bonds. The van der Waals surface area contributed by atoms with Crippen LogP contribution in [0.1, 0.15) is 28.8 Å². The lowest BCUT2D eigenvalue weighted by molar-refractivity contribution is -0.137. The highest BCUT2D eigenvalue weighted by atomic mass is 16.2. The Morgan fingerprint density at radius 3 is 2.88 bits per heavy atom. The minimum atomic E-state index is -0.716. The van der Waals surface area contributed by atoms with E-state index >= 15 is 0 Å². The molecule has 1 saturated heterocycles. The summed E-state index contributed by atoms with van der Waals surface area (Å²) in [6.45, 7) is 0.101. The molecular weight excluding hydrogens is 428 g/mol. The highest BCUT2D eigenvalue weighted by Gasteiger charge is 2.39. The van der Waals surface area contributed by atoms with E-state index in [1.807, 2.05) is 7.05 Å². The summed E-state index contributed by atoms with van der Waals surface area (Å²) in [5, 5.41) is 13.2. The van der Waals surface area contributed by atoms with Gasteiger partial charge >= 0.3 is 0 Å². The molecule has 12 nitrogen and oxygen atoms in total. The number of aromatic nitrogens is 5. The average molecular weight is 448 g/mol. The molecule has 4 heterocycles. The van der Waals surface area contributed by atoms with Gasteiger partial charge in [-0.25, -0.2) is 9.67 Å². The molecule has 0 aliphatic carbocycles. The number of hydrogen-bond acceptors (Lipinski definition) is 7. The van der Waals surface area contributed by atoms with Crippen LogP contribution in [0.2, 0.25) is 0 Å². The maximum Gasteiger partial charge on any atom is 0.255 e. The lowest BCUT2D eigenvalue weighted by Gasteiger charge is -2.29. The molecule has 5 rings (SSSR count). The number of nitrogens with one attached hydrogen (secondary N) is 2. The van der Waals surface area contributed by atoms with Gasteiger partial charge in [0.1, 0.15) is 18.3 Å². The van der Waals surface area contributed by atoms with E-state index in [9.17, 15) is 19.2 Å². The van der Waals surface area contributed by atoms with Crippen LogP contribution in [0.25, 0.3) is 11.4 Å². The summed E-state index contributed by atoms with van der Waals surface area (Å²) in [5.41, 5.74) is 2.92. The van der Waals surface area contributed by atoms with Crippen LogP contribution in [0.3, 0.4) is 0 Å². The maximum atomic E-state index is 12.9. The molecule has 2 aliphatic rings. The maximum absolute atomic E-state index is 12.9. The third kappa shape index (κ3) is 3.75. The smallest absolute Gasteiger partial charge is 0.255 e. The van der Waals surface area contributed by atoms with E-state index in [0.29, 0.717) is 22.5 Å². The molecule has 2 aliphatic heterocycles. The third-order valence-electron chi connectivity index (χ3n) is 5.78. The van der Waals surface area contributed by atoms with Gasteiger partial charge in [-0.2, -0.15) is 0 Å². The normalized spacial score (nSPS) is 17.8. The van der Waals surface area contributed by atoms with E-state index < -0.39 is 11.9 Å². The number of benzene rings is 1. The molecule has 0 spiro atoms. The lowest BCUT2D eigenvalue weighted by atomic mass is 10.0. The van der Waals surface area contributed by atoms with Crippen LogP contribution in [-0.2, 0) is 34.5 Å². The first kappa shape index (κ1) is 20.5. The van der Waals surface area contributed by atoms with Crippen molar-refractivity contribution in [3.8, 4) is 11.4 Å². The fourth-order valence-corrected chi connectivity index (χ4v) is 4.14. The first-order valence-corrected chi connectivity index (χ1v) is 10.3. The molecule has 1 unspecified atom stereocenters. The molecule has 2 aromatic heterocycles. The number of amides is 4. The number of carbonyl (C=O) groups is 4. The number of aryl methyl sites for hydroxylation is 1. The number of rotatable bonds is 5. The van der Waals surface area contributed by atoms with Crippen molar-refractivity contribution in [1.29, 1.82) is 0 Å². The fraction of sp³-hybridized carbons (Fsp3) is 0.286. The van der Waals surface area contributed by atoms with Gasteiger partial charge in [-0.3, -0.25) is 24.5 Å². The monoisotopic (exact) mass is 448 g/mol. The lowest BCUT2D eigenvalue weighted by Crippen LogP contribution is -2.52. The summed E-state index contributed by atoms with van der Waals surface area (Å²) in [5.74, 6) is -1.45. The zero-order valence-electron chi connectivity index (χ0n) is 17.7. The number of anilines is 1. The standard InChI is InChI=1S/C21H20N8O4/c1-27-11-22-7-17(27)15-9-28(26-25-15)10-19(31)23-14-4-2-3-12-13(14)8-29(21(12)33)16-5-6-18(30)24-20(16)32/h2-4,7,9,11,16H,5-6,8,10H2,1H3,(H,23,31)(H,24,30,32). The van der Waals surface area contributed by atoms with Gasteiger partial charge in [0.05, 0.1) is 24.4 Å². The van der Waals surface area contributed by atoms with Gasteiger partial charge in [0.25, 0.3) is 5.91 Å². The number of carbonyl (C=O) groups excluding carboxylic acids is 4. The number of fused-ring (bicyclic) bond motifs is 1.